The summed E-state index contributed by atoms with van der Waals surface area (Å²) in [6, 6.07) is 4.03. The van der Waals surface area contributed by atoms with Gasteiger partial charge in [0, 0.05) is 0 Å². The number of carbonyl (C=O) groups is 1. The maximum Gasteiger partial charge on any atom is 0.453 e. The summed E-state index contributed by atoms with van der Waals surface area (Å²) < 4.78 is 44.4. The van der Waals surface area contributed by atoms with Crippen LogP contribution in [0.25, 0.3) is 5.69 Å². The number of tetrazole rings is 1. The van der Waals surface area contributed by atoms with Crippen molar-refractivity contribution in [1.29, 1.82) is 0 Å². The Labute approximate surface area is 123 Å². The van der Waals surface area contributed by atoms with Crippen LogP contribution in [0.1, 0.15) is 36.5 Å². The van der Waals surface area contributed by atoms with Gasteiger partial charge in [-0.25, -0.2) is 0 Å². The summed E-state index contributed by atoms with van der Waals surface area (Å²) in [4.78, 5) is 11.1. The number of halogens is 3. The predicted octanol–water partition coefficient (Wildman–Crippen LogP) is 2.67. The molecule has 0 bridgehead atoms. The lowest BCUT2D eigenvalue weighted by atomic mass is 10.2. The van der Waals surface area contributed by atoms with Gasteiger partial charge in [0.25, 0.3) is 5.82 Å². The fourth-order valence-electron chi connectivity index (χ4n) is 1.70. The number of alkyl halides is 3. The first-order valence-electron chi connectivity index (χ1n) is 6.48. The van der Waals surface area contributed by atoms with Gasteiger partial charge in [0.15, 0.2) is 6.29 Å². The number of benzene rings is 1. The van der Waals surface area contributed by atoms with Crippen LogP contribution in [0.3, 0.4) is 0 Å². The van der Waals surface area contributed by atoms with E-state index in [1.54, 1.807) is 0 Å². The van der Waals surface area contributed by atoms with Crippen LogP contribution in [0, 0.1) is 0 Å². The van der Waals surface area contributed by atoms with Crippen LogP contribution in [0.2, 0.25) is 0 Å². The molecule has 0 radical (unpaired) electrons. The van der Waals surface area contributed by atoms with Crippen molar-refractivity contribution in [3.8, 4) is 11.4 Å². The van der Waals surface area contributed by atoms with E-state index in [0.717, 1.165) is 6.42 Å². The number of ether oxygens (including phenoxy) is 1. The molecule has 0 aliphatic heterocycles. The molecule has 0 fully saturated rings. The van der Waals surface area contributed by atoms with Crippen molar-refractivity contribution < 1.29 is 22.7 Å². The third-order valence-corrected chi connectivity index (χ3v) is 2.99. The molecule has 0 N–H and O–H groups in total. The molecule has 22 heavy (non-hydrogen) atoms. The Balaban J connectivity index is 2.42. The van der Waals surface area contributed by atoms with E-state index in [-0.39, 0.29) is 17.4 Å². The fraction of sp³-hybridized carbons (Fsp3) is 0.385. The zero-order valence-corrected chi connectivity index (χ0v) is 11.8. The van der Waals surface area contributed by atoms with Crippen LogP contribution < -0.4 is 4.74 Å². The molecule has 1 atom stereocenters. The molecule has 1 aromatic carbocycles. The van der Waals surface area contributed by atoms with E-state index in [9.17, 15) is 18.0 Å². The molecule has 1 unspecified atom stereocenters. The Morgan fingerprint density at radius 2 is 2.14 bits per heavy atom. The number of hydrogen-bond donors (Lipinski definition) is 0. The fourth-order valence-corrected chi connectivity index (χ4v) is 1.70. The number of nitrogens with zero attached hydrogens (tertiary/aromatic N) is 4. The van der Waals surface area contributed by atoms with E-state index in [1.165, 1.54) is 18.2 Å². The van der Waals surface area contributed by atoms with Crippen LogP contribution in [0.4, 0.5) is 13.2 Å². The highest BCUT2D eigenvalue weighted by Gasteiger charge is 2.38. The molecule has 2 aromatic rings. The molecule has 6 nitrogen and oxygen atoms in total. The Morgan fingerprint density at radius 3 is 2.73 bits per heavy atom. The molecule has 9 heteroatoms. The number of rotatable bonds is 5. The van der Waals surface area contributed by atoms with Crippen molar-refractivity contribution in [2.75, 3.05) is 0 Å². The summed E-state index contributed by atoms with van der Waals surface area (Å²) in [6.07, 6.45) is -3.58. The third kappa shape index (κ3) is 3.23. The zero-order chi connectivity index (χ0) is 16.3. The average molecular weight is 314 g/mol. The Kier molecular flexibility index (Phi) is 4.43. The average Bonchev–Trinajstić information content (AvgIpc) is 2.97. The highest BCUT2D eigenvalue weighted by molar-refractivity contribution is 5.80. The zero-order valence-electron chi connectivity index (χ0n) is 11.8. The number of aromatic nitrogens is 4. The molecule has 0 spiro atoms. The second-order valence-electron chi connectivity index (χ2n) is 4.59. The number of aldehydes is 1. The summed E-state index contributed by atoms with van der Waals surface area (Å²) >= 11 is 0. The summed E-state index contributed by atoms with van der Waals surface area (Å²) in [6.45, 7) is 3.74. The van der Waals surface area contributed by atoms with E-state index in [2.05, 4.69) is 15.5 Å². The molecule has 0 amide bonds. The number of hydrogen-bond acceptors (Lipinski definition) is 5. The smallest absolute Gasteiger partial charge is 0.453 e. The van der Waals surface area contributed by atoms with Gasteiger partial charge in [0.2, 0.25) is 0 Å². The van der Waals surface area contributed by atoms with E-state index in [0.29, 0.717) is 16.7 Å². The van der Waals surface area contributed by atoms with Crippen molar-refractivity contribution in [3.63, 3.8) is 0 Å². The van der Waals surface area contributed by atoms with Gasteiger partial charge < -0.3 is 4.74 Å². The van der Waals surface area contributed by atoms with E-state index in [4.69, 9.17) is 4.74 Å². The summed E-state index contributed by atoms with van der Waals surface area (Å²) in [5.74, 6) is -0.963. The van der Waals surface area contributed by atoms with Crippen LogP contribution in [0.5, 0.6) is 5.75 Å². The quantitative estimate of drug-likeness (QED) is 0.794. The topological polar surface area (TPSA) is 69.9 Å². The lowest BCUT2D eigenvalue weighted by molar-refractivity contribution is -0.146. The van der Waals surface area contributed by atoms with Crippen LogP contribution in [-0.2, 0) is 6.18 Å². The molecule has 0 aliphatic carbocycles. The molecule has 118 valence electrons. The molecule has 1 aromatic heterocycles. The summed E-state index contributed by atoms with van der Waals surface area (Å²) in [5.41, 5.74) is 0.150. The molecule has 0 saturated heterocycles. The maximum absolute atomic E-state index is 12.8. The van der Waals surface area contributed by atoms with Gasteiger partial charge >= 0.3 is 6.18 Å². The molecule has 1 heterocycles. The predicted molar refractivity (Wildman–Crippen MR) is 69.9 cm³/mol. The minimum Gasteiger partial charge on any atom is -0.490 e. The largest absolute Gasteiger partial charge is 0.490 e. The first-order chi connectivity index (χ1) is 10.4. The van der Waals surface area contributed by atoms with E-state index in [1.807, 2.05) is 13.8 Å². The van der Waals surface area contributed by atoms with Crippen LogP contribution in [-0.4, -0.2) is 32.6 Å². The molecular weight excluding hydrogens is 301 g/mol. The van der Waals surface area contributed by atoms with Gasteiger partial charge in [-0.3, -0.25) is 4.79 Å². The van der Waals surface area contributed by atoms with E-state index >= 15 is 0 Å². The monoisotopic (exact) mass is 314 g/mol. The third-order valence-electron chi connectivity index (χ3n) is 2.99. The van der Waals surface area contributed by atoms with Crippen molar-refractivity contribution in [3.05, 3.63) is 29.6 Å². The minimum atomic E-state index is -4.70. The minimum absolute atomic E-state index is 0.0240. The second-order valence-corrected chi connectivity index (χ2v) is 4.59. The lowest BCUT2D eigenvalue weighted by Crippen LogP contribution is -2.15. The van der Waals surface area contributed by atoms with Crippen molar-refractivity contribution >= 4 is 6.29 Å². The van der Waals surface area contributed by atoms with Gasteiger partial charge in [-0.1, -0.05) is 6.92 Å². The highest BCUT2D eigenvalue weighted by atomic mass is 19.4. The highest BCUT2D eigenvalue weighted by Crippen LogP contribution is 2.29. The Bertz CT molecular complexity index is 670. The maximum atomic E-state index is 12.8. The van der Waals surface area contributed by atoms with Gasteiger partial charge in [-0.2, -0.15) is 17.9 Å². The van der Waals surface area contributed by atoms with Crippen LogP contribution in [0.15, 0.2) is 18.2 Å². The van der Waals surface area contributed by atoms with Crippen molar-refractivity contribution in [1.82, 2.24) is 20.2 Å². The summed E-state index contributed by atoms with van der Waals surface area (Å²) in [7, 11) is 0. The normalized spacial score (nSPS) is 13.0. The second kappa shape index (κ2) is 6.12. The van der Waals surface area contributed by atoms with Crippen molar-refractivity contribution in [2.24, 2.45) is 0 Å². The lowest BCUT2D eigenvalue weighted by Gasteiger charge is -2.15. The Hall–Kier alpha value is -2.45. The molecule has 0 saturated carbocycles. The molecule has 0 aliphatic rings. The van der Waals surface area contributed by atoms with Crippen LogP contribution >= 0.6 is 0 Å². The Morgan fingerprint density at radius 1 is 1.41 bits per heavy atom. The molecule has 2 rings (SSSR count). The van der Waals surface area contributed by atoms with Gasteiger partial charge in [0.05, 0.1) is 17.4 Å². The van der Waals surface area contributed by atoms with Gasteiger partial charge in [0.1, 0.15) is 5.75 Å². The first kappa shape index (κ1) is 15.9. The van der Waals surface area contributed by atoms with Gasteiger partial charge in [-0.15, -0.1) is 5.10 Å². The standard InChI is InChI=1S/C13H13F3N4O2/c1-3-8(2)22-11-5-4-10(6-9(11)7-21)20-12(13(14,15)16)17-18-19-20/h4-8H,3H2,1-2H3. The van der Waals surface area contributed by atoms with E-state index < -0.39 is 12.0 Å². The summed E-state index contributed by atoms with van der Waals surface area (Å²) in [5, 5.41) is 9.30. The van der Waals surface area contributed by atoms with Crippen molar-refractivity contribution in [2.45, 2.75) is 32.5 Å². The molecular formula is C13H13F3N4O2. The SMILES string of the molecule is CCC(C)Oc1ccc(-n2nnnc2C(F)(F)F)cc1C=O. The van der Waals surface area contributed by atoms with Gasteiger partial charge in [-0.05, 0) is 42.0 Å². The first-order valence-corrected chi connectivity index (χ1v) is 6.48. The number of carbonyl (C=O) groups excluding carboxylic acids is 1.